The van der Waals surface area contributed by atoms with Gasteiger partial charge >= 0.3 is 0 Å². The molecule has 1 aliphatic rings. The molecular weight excluding hydrogens is 144 g/mol. The molecule has 3 heteroatoms. The van der Waals surface area contributed by atoms with Crippen LogP contribution < -0.4 is 0 Å². The molecule has 1 fully saturated rings. The lowest BCUT2D eigenvalue weighted by Gasteiger charge is -2.15. The van der Waals surface area contributed by atoms with Crippen LogP contribution in [0.25, 0.3) is 0 Å². The SMILES string of the molecule is COC[C@@H]1C[C@H](O)[C@@H](O)C1C. The molecule has 0 amide bonds. The summed E-state index contributed by atoms with van der Waals surface area (Å²) < 4.78 is 4.97. The van der Waals surface area contributed by atoms with E-state index in [9.17, 15) is 10.2 Å². The molecule has 2 N–H and O–H groups in total. The van der Waals surface area contributed by atoms with Crippen molar-refractivity contribution in [3.63, 3.8) is 0 Å². The van der Waals surface area contributed by atoms with Crippen molar-refractivity contribution < 1.29 is 14.9 Å². The van der Waals surface area contributed by atoms with Gasteiger partial charge in [0.05, 0.1) is 12.2 Å². The Balaban J connectivity index is 2.45. The Morgan fingerprint density at radius 2 is 2.09 bits per heavy atom. The minimum absolute atomic E-state index is 0.157. The van der Waals surface area contributed by atoms with Gasteiger partial charge in [-0.2, -0.15) is 0 Å². The summed E-state index contributed by atoms with van der Waals surface area (Å²) in [6.07, 6.45) is -0.448. The van der Waals surface area contributed by atoms with Crippen molar-refractivity contribution in [2.75, 3.05) is 13.7 Å². The molecule has 0 radical (unpaired) electrons. The molecule has 0 bridgehead atoms. The molecule has 4 atom stereocenters. The highest BCUT2D eigenvalue weighted by Crippen LogP contribution is 2.31. The summed E-state index contributed by atoms with van der Waals surface area (Å²) in [5.41, 5.74) is 0. The summed E-state index contributed by atoms with van der Waals surface area (Å²) in [7, 11) is 1.64. The summed E-state index contributed by atoms with van der Waals surface area (Å²) in [6, 6.07) is 0. The molecule has 0 aromatic carbocycles. The van der Waals surface area contributed by atoms with Crippen LogP contribution in [0.3, 0.4) is 0 Å². The molecule has 11 heavy (non-hydrogen) atoms. The molecule has 1 unspecified atom stereocenters. The highest BCUT2D eigenvalue weighted by Gasteiger charge is 2.38. The van der Waals surface area contributed by atoms with Crippen LogP contribution in [0.5, 0.6) is 0 Å². The highest BCUT2D eigenvalue weighted by atomic mass is 16.5. The first-order valence-electron chi connectivity index (χ1n) is 4.02. The zero-order valence-corrected chi connectivity index (χ0v) is 7.03. The molecule has 1 aliphatic carbocycles. The lowest BCUT2D eigenvalue weighted by molar-refractivity contribution is 0.0218. The van der Waals surface area contributed by atoms with Crippen LogP contribution in [0.1, 0.15) is 13.3 Å². The van der Waals surface area contributed by atoms with Crippen molar-refractivity contribution >= 4 is 0 Å². The fraction of sp³-hybridized carbons (Fsp3) is 1.00. The Morgan fingerprint density at radius 3 is 2.45 bits per heavy atom. The van der Waals surface area contributed by atoms with Crippen molar-refractivity contribution in [2.24, 2.45) is 11.8 Å². The summed E-state index contributed by atoms with van der Waals surface area (Å²) in [6.45, 7) is 2.58. The van der Waals surface area contributed by atoms with E-state index in [0.717, 1.165) is 0 Å². The molecule has 0 aliphatic heterocycles. The number of hydrogen-bond donors (Lipinski definition) is 2. The second kappa shape index (κ2) is 3.52. The molecular formula is C8H16O3. The van der Waals surface area contributed by atoms with Crippen LogP contribution in [0, 0.1) is 11.8 Å². The van der Waals surface area contributed by atoms with E-state index in [1.807, 2.05) is 6.92 Å². The van der Waals surface area contributed by atoms with E-state index in [1.165, 1.54) is 0 Å². The molecule has 0 saturated heterocycles. The van der Waals surface area contributed by atoms with Crippen molar-refractivity contribution in [3.05, 3.63) is 0 Å². The largest absolute Gasteiger partial charge is 0.390 e. The van der Waals surface area contributed by atoms with Crippen LogP contribution in [0.4, 0.5) is 0 Å². The number of methoxy groups -OCH3 is 1. The van der Waals surface area contributed by atoms with E-state index >= 15 is 0 Å². The fourth-order valence-corrected chi connectivity index (χ4v) is 1.73. The average molecular weight is 160 g/mol. The monoisotopic (exact) mass is 160 g/mol. The summed E-state index contributed by atoms with van der Waals surface area (Å²) in [5, 5.41) is 18.6. The van der Waals surface area contributed by atoms with E-state index < -0.39 is 12.2 Å². The Labute approximate surface area is 67.0 Å². The Kier molecular flexibility index (Phi) is 2.87. The van der Waals surface area contributed by atoms with Gasteiger partial charge in [0, 0.05) is 13.7 Å². The number of ether oxygens (including phenoxy) is 1. The first-order valence-corrected chi connectivity index (χ1v) is 4.02. The standard InChI is InChI=1S/C8H16O3/c1-5-6(4-11-2)3-7(9)8(5)10/h5-10H,3-4H2,1-2H3/t5?,6-,7-,8-/m0/s1. The third-order valence-electron chi connectivity index (χ3n) is 2.60. The zero-order chi connectivity index (χ0) is 8.43. The predicted octanol–water partition coefficient (Wildman–Crippen LogP) is 0.0106. The van der Waals surface area contributed by atoms with E-state index in [2.05, 4.69) is 0 Å². The van der Waals surface area contributed by atoms with Crippen molar-refractivity contribution in [1.82, 2.24) is 0 Å². The zero-order valence-electron chi connectivity index (χ0n) is 7.03. The van der Waals surface area contributed by atoms with E-state index in [1.54, 1.807) is 7.11 Å². The number of aliphatic hydroxyl groups excluding tert-OH is 2. The quantitative estimate of drug-likeness (QED) is 0.598. The van der Waals surface area contributed by atoms with Crippen LogP contribution in [0.2, 0.25) is 0 Å². The number of hydrogen-bond acceptors (Lipinski definition) is 3. The number of rotatable bonds is 2. The van der Waals surface area contributed by atoms with E-state index in [0.29, 0.717) is 18.9 Å². The topological polar surface area (TPSA) is 49.7 Å². The van der Waals surface area contributed by atoms with E-state index in [-0.39, 0.29) is 5.92 Å². The van der Waals surface area contributed by atoms with Gasteiger partial charge in [0.1, 0.15) is 0 Å². The maximum Gasteiger partial charge on any atom is 0.0828 e. The van der Waals surface area contributed by atoms with Crippen molar-refractivity contribution in [1.29, 1.82) is 0 Å². The van der Waals surface area contributed by atoms with Gasteiger partial charge in [0.25, 0.3) is 0 Å². The second-order valence-electron chi connectivity index (χ2n) is 3.37. The summed E-state index contributed by atoms with van der Waals surface area (Å²) in [4.78, 5) is 0. The molecule has 0 aromatic heterocycles. The first-order chi connectivity index (χ1) is 5.16. The first kappa shape index (κ1) is 8.97. The third kappa shape index (κ3) is 1.72. The summed E-state index contributed by atoms with van der Waals surface area (Å²) in [5.74, 6) is 0.468. The highest BCUT2D eigenvalue weighted by molar-refractivity contribution is 4.88. The van der Waals surface area contributed by atoms with Gasteiger partial charge in [-0.3, -0.25) is 0 Å². The van der Waals surface area contributed by atoms with Gasteiger partial charge in [0.15, 0.2) is 0 Å². The van der Waals surface area contributed by atoms with Gasteiger partial charge in [0.2, 0.25) is 0 Å². The van der Waals surface area contributed by atoms with Gasteiger partial charge in [-0.25, -0.2) is 0 Å². The molecule has 3 nitrogen and oxygen atoms in total. The molecule has 0 aromatic rings. The molecule has 66 valence electrons. The summed E-state index contributed by atoms with van der Waals surface area (Å²) >= 11 is 0. The minimum atomic E-state index is -0.560. The van der Waals surface area contributed by atoms with E-state index in [4.69, 9.17) is 4.74 Å². The fourth-order valence-electron chi connectivity index (χ4n) is 1.73. The Bertz CT molecular complexity index is 127. The average Bonchev–Trinajstić information content (AvgIpc) is 2.19. The van der Waals surface area contributed by atoms with Crippen molar-refractivity contribution in [3.8, 4) is 0 Å². The Hall–Kier alpha value is -0.120. The molecule has 0 spiro atoms. The Morgan fingerprint density at radius 1 is 1.45 bits per heavy atom. The van der Waals surface area contributed by atoms with Crippen LogP contribution in [-0.4, -0.2) is 36.1 Å². The maximum absolute atomic E-state index is 9.36. The van der Waals surface area contributed by atoms with Gasteiger partial charge in [-0.1, -0.05) is 6.92 Å². The molecule has 1 rings (SSSR count). The maximum atomic E-state index is 9.36. The van der Waals surface area contributed by atoms with Gasteiger partial charge in [-0.15, -0.1) is 0 Å². The minimum Gasteiger partial charge on any atom is -0.390 e. The lowest BCUT2D eigenvalue weighted by atomic mass is 9.98. The number of aliphatic hydroxyl groups is 2. The molecule has 1 saturated carbocycles. The van der Waals surface area contributed by atoms with Crippen LogP contribution >= 0.6 is 0 Å². The van der Waals surface area contributed by atoms with Crippen molar-refractivity contribution in [2.45, 2.75) is 25.6 Å². The smallest absolute Gasteiger partial charge is 0.0828 e. The lowest BCUT2D eigenvalue weighted by Crippen LogP contribution is -2.24. The van der Waals surface area contributed by atoms with Crippen LogP contribution in [0.15, 0.2) is 0 Å². The predicted molar refractivity (Wildman–Crippen MR) is 41.2 cm³/mol. The van der Waals surface area contributed by atoms with Gasteiger partial charge in [-0.05, 0) is 18.3 Å². The normalized spacial score (nSPS) is 44.7. The molecule has 0 heterocycles. The third-order valence-corrected chi connectivity index (χ3v) is 2.60. The van der Waals surface area contributed by atoms with Gasteiger partial charge < -0.3 is 14.9 Å². The van der Waals surface area contributed by atoms with Crippen LogP contribution in [-0.2, 0) is 4.74 Å². The second-order valence-corrected chi connectivity index (χ2v) is 3.37.